The number of para-hydroxylation sites is 1. The van der Waals surface area contributed by atoms with Gasteiger partial charge in [-0.25, -0.2) is 4.79 Å². The molecule has 4 nitrogen and oxygen atoms in total. The molecule has 0 aromatic heterocycles. The number of anilines is 1. The second kappa shape index (κ2) is 6.52. The molecule has 2 heterocycles. The number of piperidine rings is 1. The van der Waals surface area contributed by atoms with E-state index in [1.165, 1.54) is 5.56 Å². The van der Waals surface area contributed by atoms with Gasteiger partial charge >= 0.3 is 6.09 Å². The number of ether oxygens (including phenoxy) is 1. The molecule has 0 radical (unpaired) electrons. The normalized spacial score (nSPS) is 21.2. The Kier molecular flexibility index (Phi) is 4.22. The third-order valence-corrected chi connectivity index (χ3v) is 5.78. The summed E-state index contributed by atoms with van der Waals surface area (Å²) in [6.45, 7) is 4.45. The van der Waals surface area contributed by atoms with Crippen LogP contribution in [0.4, 0.5) is 10.5 Å². The fourth-order valence-corrected chi connectivity index (χ4v) is 4.39. The van der Waals surface area contributed by atoms with Gasteiger partial charge < -0.3 is 10.1 Å². The Morgan fingerprint density at radius 3 is 2.56 bits per heavy atom. The van der Waals surface area contributed by atoms with Gasteiger partial charge in [-0.1, -0.05) is 48.5 Å². The van der Waals surface area contributed by atoms with Crippen LogP contribution in [0.25, 0.3) is 0 Å². The van der Waals surface area contributed by atoms with Crippen molar-refractivity contribution in [1.29, 1.82) is 0 Å². The molecule has 2 aliphatic rings. The van der Waals surface area contributed by atoms with E-state index in [0.29, 0.717) is 6.61 Å². The minimum atomic E-state index is -0.251. The molecule has 0 bridgehead atoms. The van der Waals surface area contributed by atoms with Crippen LogP contribution in [0.1, 0.15) is 30.9 Å². The van der Waals surface area contributed by atoms with Gasteiger partial charge in [0.1, 0.15) is 6.61 Å². The minimum Gasteiger partial charge on any atom is -0.444 e. The lowest BCUT2D eigenvalue weighted by atomic mass is 9.70. The summed E-state index contributed by atoms with van der Waals surface area (Å²) in [5.74, 6) is 0. The maximum absolute atomic E-state index is 12.9. The fraction of sp³-hybridized carbons (Fsp3) is 0.381. The number of hydrogen-bond donors (Lipinski definition) is 1. The summed E-state index contributed by atoms with van der Waals surface area (Å²) in [7, 11) is 0. The van der Waals surface area contributed by atoms with Gasteiger partial charge in [0, 0.05) is 11.5 Å². The Morgan fingerprint density at radius 2 is 1.80 bits per heavy atom. The molecule has 25 heavy (non-hydrogen) atoms. The van der Waals surface area contributed by atoms with Crippen LogP contribution in [0.2, 0.25) is 0 Å². The Bertz CT molecular complexity index is 754. The third kappa shape index (κ3) is 2.71. The van der Waals surface area contributed by atoms with Crippen LogP contribution >= 0.6 is 0 Å². The number of carbonyl (C=O) groups is 1. The lowest BCUT2D eigenvalue weighted by molar-refractivity contribution is 0.141. The van der Waals surface area contributed by atoms with Crippen LogP contribution in [-0.4, -0.2) is 25.2 Å². The van der Waals surface area contributed by atoms with Gasteiger partial charge in [0.2, 0.25) is 0 Å². The van der Waals surface area contributed by atoms with Crippen molar-refractivity contribution in [3.63, 3.8) is 0 Å². The second-order valence-corrected chi connectivity index (χ2v) is 7.01. The van der Waals surface area contributed by atoms with Crippen molar-refractivity contribution in [2.45, 2.75) is 37.8 Å². The first kappa shape index (κ1) is 16.2. The molecule has 4 heteroatoms. The quantitative estimate of drug-likeness (QED) is 0.905. The molecular weight excluding hydrogens is 312 g/mol. The summed E-state index contributed by atoms with van der Waals surface area (Å²) >= 11 is 0. The molecule has 1 saturated heterocycles. The average Bonchev–Trinajstić information content (AvgIpc) is 2.90. The predicted molar refractivity (Wildman–Crippen MR) is 98.8 cm³/mol. The summed E-state index contributed by atoms with van der Waals surface area (Å²) in [5.41, 5.74) is 3.34. The van der Waals surface area contributed by atoms with Gasteiger partial charge in [-0.15, -0.1) is 0 Å². The molecule has 1 atom stereocenters. The summed E-state index contributed by atoms with van der Waals surface area (Å²) < 4.78 is 5.64. The van der Waals surface area contributed by atoms with Gasteiger partial charge in [-0.2, -0.15) is 0 Å². The van der Waals surface area contributed by atoms with Crippen LogP contribution in [-0.2, 0) is 16.8 Å². The van der Waals surface area contributed by atoms with Crippen molar-refractivity contribution >= 4 is 11.8 Å². The van der Waals surface area contributed by atoms with Gasteiger partial charge in [0.25, 0.3) is 0 Å². The van der Waals surface area contributed by atoms with E-state index in [-0.39, 0.29) is 17.6 Å². The Balaban J connectivity index is 1.60. The summed E-state index contributed by atoms with van der Waals surface area (Å²) in [6.07, 6.45) is 1.85. The zero-order chi connectivity index (χ0) is 17.3. The Hall–Kier alpha value is -2.33. The predicted octanol–water partition coefficient (Wildman–Crippen LogP) is 3.85. The van der Waals surface area contributed by atoms with Crippen LogP contribution in [0.5, 0.6) is 0 Å². The van der Waals surface area contributed by atoms with Crippen molar-refractivity contribution in [1.82, 2.24) is 5.32 Å². The van der Waals surface area contributed by atoms with Crippen molar-refractivity contribution < 1.29 is 9.53 Å². The van der Waals surface area contributed by atoms with Crippen molar-refractivity contribution in [3.05, 3.63) is 65.7 Å². The smallest absolute Gasteiger partial charge is 0.414 e. The van der Waals surface area contributed by atoms with Crippen LogP contribution < -0.4 is 10.2 Å². The van der Waals surface area contributed by atoms with E-state index in [9.17, 15) is 4.79 Å². The number of fused-ring (bicyclic) bond motifs is 2. The number of benzene rings is 2. The first-order chi connectivity index (χ1) is 12.2. The molecule has 1 unspecified atom stereocenters. The first-order valence-electron chi connectivity index (χ1n) is 9.02. The lowest BCUT2D eigenvalue weighted by Gasteiger charge is -2.39. The molecular formula is C21H24N2O2. The van der Waals surface area contributed by atoms with Crippen LogP contribution in [0.15, 0.2) is 54.6 Å². The number of hydrogen-bond acceptors (Lipinski definition) is 3. The van der Waals surface area contributed by atoms with E-state index in [1.54, 1.807) is 0 Å². The maximum Gasteiger partial charge on any atom is 0.414 e. The third-order valence-electron chi connectivity index (χ3n) is 5.78. The SMILES string of the molecule is CC1N(C(=O)OCc2ccccc2)c2ccccc2C12CCNCC2. The molecule has 130 valence electrons. The number of nitrogens with one attached hydrogen (secondary N) is 1. The molecule has 2 aromatic carbocycles. The van der Waals surface area contributed by atoms with E-state index >= 15 is 0 Å². The van der Waals surface area contributed by atoms with Crippen LogP contribution in [0, 0.1) is 0 Å². The Labute approximate surface area is 148 Å². The summed E-state index contributed by atoms with van der Waals surface area (Å²) in [5, 5.41) is 3.44. The summed E-state index contributed by atoms with van der Waals surface area (Å²) in [4.78, 5) is 14.8. The molecule has 0 aliphatic carbocycles. The lowest BCUT2D eigenvalue weighted by Crippen LogP contribution is -2.50. The number of carbonyl (C=O) groups excluding carboxylic acids is 1. The maximum atomic E-state index is 12.9. The molecule has 1 amide bonds. The number of amides is 1. The Morgan fingerprint density at radius 1 is 1.12 bits per heavy atom. The zero-order valence-corrected chi connectivity index (χ0v) is 14.6. The minimum absolute atomic E-state index is 0.0353. The highest BCUT2D eigenvalue weighted by Gasteiger charge is 2.51. The van der Waals surface area contributed by atoms with E-state index in [1.807, 2.05) is 47.4 Å². The van der Waals surface area contributed by atoms with Crippen LogP contribution in [0.3, 0.4) is 0 Å². The summed E-state index contributed by atoms with van der Waals surface area (Å²) in [6, 6.07) is 18.2. The first-order valence-corrected chi connectivity index (χ1v) is 9.02. The van der Waals surface area contributed by atoms with Gasteiger partial charge in [0.15, 0.2) is 0 Å². The highest BCUT2D eigenvalue weighted by Crippen LogP contribution is 2.50. The molecule has 4 rings (SSSR count). The van der Waals surface area contributed by atoms with Gasteiger partial charge in [0.05, 0.1) is 5.69 Å². The zero-order valence-electron chi connectivity index (χ0n) is 14.6. The molecule has 1 fully saturated rings. The largest absolute Gasteiger partial charge is 0.444 e. The van der Waals surface area contributed by atoms with E-state index in [0.717, 1.165) is 37.2 Å². The number of rotatable bonds is 2. The number of nitrogens with zero attached hydrogens (tertiary/aromatic N) is 1. The van der Waals surface area contributed by atoms with Crippen molar-refractivity contribution in [3.8, 4) is 0 Å². The molecule has 1 N–H and O–H groups in total. The highest BCUT2D eigenvalue weighted by atomic mass is 16.6. The van der Waals surface area contributed by atoms with E-state index in [4.69, 9.17) is 4.74 Å². The fourth-order valence-electron chi connectivity index (χ4n) is 4.39. The standard InChI is InChI=1S/C21H24N2O2/c1-16-21(11-13-22-14-12-21)18-9-5-6-10-19(18)23(16)20(24)25-15-17-7-3-2-4-8-17/h2-10,16,22H,11-15H2,1H3. The molecule has 1 spiro atoms. The topological polar surface area (TPSA) is 41.6 Å². The molecule has 0 saturated carbocycles. The highest BCUT2D eigenvalue weighted by molar-refractivity contribution is 5.92. The molecule has 2 aliphatic heterocycles. The van der Waals surface area contributed by atoms with Gasteiger partial charge in [-0.05, 0) is 50.0 Å². The monoisotopic (exact) mass is 336 g/mol. The average molecular weight is 336 g/mol. The molecule has 2 aromatic rings. The van der Waals surface area contributed by atoms with E-state index < -0.39 is 0 Å². The van der Waals surface area contributed by atoms with Crippen molar-refractivity contribution in [2.75, 3.05) is 18.0 Å². The van der Waals surface area contributed by atoms with Crippen molar-refractivity contribution in [2.24, 2.45) is 0 Å². The van der Waals surface area contributed by atoms with E-state index in [2.05, 4.69) is 24.4 Å². The second-order valence-electron chi connectivity index (χ2n) is 7.01. The van der Waals surface area contributed by atoms with Gasteiger partial charge in [-0.3, -0.25) is 4.90 Å².